The van der Waals surface area contributed by atoms with Crippen molar-refractivity contribution in [2.75, 3.05) is 49.6 Å². The molecule has 184 valence electrons. The van der Waals surface area contributed by atoms with E-state index in [1.807, 2.05) is 18.2 Å². The van der Waals surface area contributed by atoms with E-state index in [1.165, 1.54) is 4.88 Å². The number of piperazine rings is 1. The van der Waals surface area contributed by atoms with Crippen LogP contribution in [0.25, 0.3) is 10.8 Å². The Hall–Kier alpha value is -2.23. The maximum absolute atomic E-state index is 12.8. The first-order valence-electron chi connectivity index (χ1n) is 12.1. The first-order chi connectivity index (χ1) is 16.9. The lowest BCUT2D eigenvalue weighted by Gasteiger charge is -2.45. The molecule has 1 aromatic carbocycles. The lowest BCUT2D eigenvalue weighted by atomic mass is 9.95. The average Bonchev–Trinajstić information content (AvgIpc) is 3.32. The molecule has 6 rings (SSSR count). The first-order valence-corrected chi connectivity index (χ1v) is 13.4. The summed E-state index contributed by atoms with van der Waals surface area (Å²) in [5.41, 5.74) is 0.651. The molecule has 2 N–H and O–H groups in total. The Bertz CT molecular complexity index is 1250. The molecule has 4 atom stereocenters. The summed E-state index contributed by atoms with van der Waals surface area (Å²) in [6, 6.07) is 10.1. The number of nitrogens with zero attached hydrogens (tertiary/aromatic N) is 3. The second-order valence-corrected chi connectivity index (χ2v) is 11.4. The number of ether oxygens (including phenoxy) is 1. The van der Waals surface area contributed by atoms with Gasteiger partial charge in [-0.2, -0.15) is 0 Å². The van der Waals surface area contributed by atoms with Gasteiger partial charge in [0.05, 0.1) is 35.6 Å². The number of carbonyl (C=O) groups excluding carboxylic acids is 1. The van der Waals surface area contributed by atoms with Gasteiger partial charge in [0.2, 0.25) is 5.91 Å². The summed E-state index contributed by atoms with van der Waals surface area (Å²) >= 11 is 8.39. The summed E-state index contributed by atoms with van der Waals surface area (Å²) < 4.78 is 5.52. The predicted octanol–water partition coefficient (Wildman–Crippen LogP) is 3.96. The molecule has 35 heavy (non-hydrogen) atoms. The Morgan fingerprint density at radius 2 is 2.09 bits per heavy atom. The molecule has 0 bridgehead atoms. The largest absolute Gasteiger partial charge is 0.389 e. The van der Waals surface area contributed by atoms with E-state index in [4.69, 9.17) is 16.3 Å². The predicted molar refractivity (Wildman–Crippen MR) is 140 cm³/mol. The molecule has 0 unspecified atom stereocenters. The number of rotatable bonds is 5. The van der Waals surface area contributed by atoms with Crippen LogP contribution in [0.3, 0.4) is 0 Å². The van der Waals surface area contributed by atoms with Crippen molar-refractivity contribution < 1.29 is 14.6 Å². The maximum Gasteiger partial charge on any atom is 0.229 e. The van der Waals surface area contributed by atoms with E-state index in [1.54, 1.807) is 17.5 Å². The highest BCUT2D eigenvalue weighted by atomic mass is 35.5. The van der Waals surface area contributed by atoms with Gasteiger partial charge in [0.25, 0.3) is 0 Å². The van der Waals surface area contributed by atoms with Crippen LogP contribution in [0.1, 0.15) is 24.1 Å². The zero-order valence-electron chi connectivity index (χ0n) is 19.6. The number of fused-ring (bicyclic) bond motifs is 1. The fourth-order valence-electron chi connectivity index (χ4n) is 5.40. The van der Waals surface area contributed by atoms with E-state index in [0.29, 0.717) is 30.0 Å². The fraction of sp³-hybridized carbons (Fsp3) is 0.462. The molecule has 4 heterocycles. The summed E-state index contributed by atoms with van der Waals surface area (Å²) in [7, 11) is 0. The van der Waals surface area contributed by atoms with Gasteiger partial charge in [-0.3, -0.25) is 9.69 Å². The molecule has 0 spiro atoms. The number of aliphatic hydroxyl groups is 1. The summed E-state index contributed by atoms with van der Waals surface area (Å²) in [6.07, 6.45) is 2.20. The number of halogens is 1. The Morgan fingerprint density at radius 3 is 2.80 bits per heavy atom. The highest BCUT2D eigenvalue weighted by Crippen LogP contribution is 2.49. The number of thiophene rings is 1. The molecular weight excluding hydrogens is 484 g/mol. The van der Waals surface area contributed by atoms with Gasteiger partial charge in [-0.1, -0.05) is 17.7 Å². The number of amides is 1. The number of hydrogen-bond acceptors (Lipinski definition) is 7. The second-order valence-electron chi connectivity index (χ2n) is 10.0. The number of nitrogens with one attached hydrogen (secondary N) is 1. The van der Waals surface area contributed by atoms with Gasteiger partial charge in [-0.15, -0.1) is 11.3 Å². The molecule has 2 saturated heterocycles. The van der Waals surface area contributed by atoms with Gasteiger partial charge >= 0.3 is 0 Å². The number of carbonyl (C=O) groups is 1. The summed E-state index contributed by atoms with van der Waals surface area (Å²) in [5, 5.41) is 18.1. The summed E-state index contributed by atoms with van der Waals surface area (Å²) in [4.78, 5) is 23.1. The van der Waals surface area contributed by atoms with Gasteiger partial charge in [0.15, 0.2) is 0 Å². The molecule has 1 amide bonds. The van der Waals surface area contributed by atoms with Gasteiger partial charge in [0.1, 0.15) is 5.82 Å². The van der Waals surface area contributed by atoms with Crippen molar-refractivity contribution in [3.05, 3.63) is 51.8 Å². The number of aliphatic hydroxyl groups excluding tert-OH is 1. The normalized spacial score (nSPS) is 29.0. The van der Waals surface area contributed by atoms with Gasteiger partial charge in [0, 0.05) is 54.5 Å². The van der Waals surface area contributed by atoms with Crippen LogP contribution in [0.4, 0.5) is 11.5 Å². The lowest BCUT2D eigenvalue weighted by molar-refractivity contribution is -0.117. The lowest BCUT2D eigenvalue weighted by Crippen LogP contribution is -2.60. The Morgan fingerprint density at radius 1 is 1.26 bits per heavy atom. The van der Waals surface area contributed by atoms with Crippen LogP contribution < -0.4 is 10.2 Å². The SMILES string of the molecule is C[C@@]1(N2CCN(c3cc4cc(NC(=O)[C@H]5C[C@H]5c5cccs5)ncc4cc3Cl)CC2)COC[C@@H]1O. The van der Waals surface area contributed by atoms with Crippen molar-refractivity contribution in [2.24, 2.45) is 5.92 Å². The smallest absolute Gasteiger partial charge is 0.229 e. The number of hydrogen-bond donors (Lipinski definition) is 2. The van der Waals surface area contributed by atoms with Crippen LogP contribution in [-0.2, 0) is 9.53 Å². The van der Waals surface area contributed by atoms with Crippen molar-refractivity contribution in [1.29, 1.82) is 0 Å². The molecule has 2 aliphatic heterocycles. The van der Waals surface area contributed by atoms with E-state index < -0.39 is 6.10 Å². The zero-order chi connectivity index (χ0) is 24.2. The molecule has 3 aliphatic rings. The molecule has 9 heteroatoms. The standard InChI is InChI=1S/C26H29ClN4O3S/c1-26(15-34-14-23(26)32)31-6-4-30(5-7-31)21-10-16-11-24(28-13-17(16)9-20(21)27)29-25(33)19-12-18(19)22-3-2-8-35-22/h2-3,8-11,13,18-19,23,32H,4-7,12,14-15H2,1H3,(H,28,29,33)/t18-,19+,23+,26-/m1/s1. The third kappa shape index (κ3) is 4.32. The first kappa shape index (κ1) is 23.2. The molecular formula is C26H29ClN4O3S. The second kappa shape index (κ2) is 9.01. The maximum atomic E-state index is 12.8. The topological polar surface area (TPSA) is 77.9 Å². The molecule has 1 saturated carbocycles. The van der Waals surface area contributed by atoms with Crippen molar-refractivity contribution >= 4 is 51.1 Å². The highest BCUT2D eigenvalue weighted by molar-refractivity contribution is 7.10. The van der Waals surface area contributed by atoms with Crippen LogP contribution in [0.2, 0.25) is 5.02 Å². The van der Waals surface area contributed by atoms with E-state index in [2.05, 4.69) is 44.5 Å². The van der Waals surface area contributed by atoms with Crippen LogP contribution in [-0.4, -0.2) is 71.9 Å². The van der Waals surface area contributed by atoms with E-state index in [9.17, 15) is 9.90 Å². The van der Waals surface area contributed by atoms with E-state index in [-0.39, 0.29) is 17.4 Å². The molecule has 3 fully saturated rings. The van der Waals surface area contributed by atoms with Crippen LogP contribution in [0.5, 0.6) is 0 Å². The minimum atomic E-state index is -0.462. The Balaban J connectivity index is 1.15. The van der Waals surface area contributed by atoms with Gasteiger partial charge < -0.3 is 20.1 Å². The minimum Gasteiger partial charge on any atom is -0.389 e. The quantitative estimate of drug-likeness (QED) is 0.539. The molecule has 7 nitrogen and oxygen atoms in total. The Kier molecular flexibility index (Phi) is 5.97. The highest BCUT2D eigenvalue weighted by Gasteiger charge is 2.45. The van der Waals surface area contributed by atoms with Crippen molar-refractivity contribution in [3.63, 3.8) is 0 Å². The van der Waals surface area contributed by atoms with Crippen molar-refractivity contribution in [3.8, 4) is 0 Å². The zero-order valence-corrected chi connectivity index (χ0v) is 21.2. The average molecular weight is 513 g/mol. The van der Waals surface area contributed by atoms with Crippen LogP contribution >= 0.6 is 22.9 Å². The number of benzene rings is 1. The van der Waals surface area contributed by atoms with E-state index in [0.717, 1.165) is 49.1 Å². The molecule has 0 radical (unpaired) electrons. The van der Waals surface area contributed by atoms with Crippen molar-refractivity contribution in [1.82, 2.24) is 9.88 Å². The Labute approximate surface area is 213 Å². The fourth-order valence-corrected chi connectivity index (χ4v) is 6.60. The molecule has 2 aromatic heterocycles. The third-order valence-electron chi connectivity index (χ3n) is 7.81. The number of pyridine rings is 1. The summed E-state index contributed by atoms with van der Waals surface area (Å²) in [5.74, 6) is 0.959. The molecule has 1 aliphatic carbocycles. The third-order valence-corrected chi connectivity index (χ3v) is 9.11. The van der Waals surface area contributed by atoms with Crippen LogP contribution in [0.15, 0.2) is 41.9 Å². The van der Waals surface area contributed by atoms with Crippen LogP contribution in [0, 0.1) is 5.92 Å². The minimum absolute atomic E-state index is 0.0221. The molecule has 3 aromatic rings. The number of aromatic nitrogens is 1. The number of anilines is 2. The van der Waals surface area contributed by atoms with Crippen molar-refractivity contribution in [2.45, 2.75) is 30.9 Å². The summed E-state index contributed by atoms with van der Waals surface area (Å²) in [6.45, 7) is 6.32. The van der Waals surface area contributed by atoms with Gasteiger partial charge in [-0.25, -0.2) is 4.98 Å². The van der Waals surface area contributed by atoms with Gasteiger partial charge in [-0.05, 0) is 48.4 Å². The monoisotopic (exact) mass is 512 g/mol. The van der Waals surface area contributed by atoms with E-state index >= 15 is 0 Å².